The van der Waals surface area contributed by atoms with E-state index in [1.807, 2.05) is 0 Å². The summed E-state index contributed by atoms with van der Waals surface area (Å²) in [5.41, 5.74) is 8.64. The van der Waals surface area contributed by atoms with Crippen molar-refractivity contribution in [2.75, 3.05) is 0 Å². The molecule has 1 heteroatoms. The van der Waals surface area contributed by atoms with E-state index in [9.17, 15) is 0 Å². The van der Waals surface area contributed by atoms with Gasteiger partial charge in [-0.3, -0.25) is 0 Å². The zero-order chi connectivity index (χ0) is 13.8. The highest BCUT2D eigenvalue weighted by atomic mass is 15.0. The molecule has 0 radical (unpaired) electrons. The number of hydrogen-bond donors (Lipinski definition) is 0. The molecular formula is C17H25N. The van der Waals surface area contributed by atoms with Gasteiger partial charge in [-0.2, -0.15) is 0 Å². The first-order valence-corrected chi connectivity index (χ1v) is 6.86. The Hall–Kier alpha value is -1.24. The molecular weight excluding hydrogens is 218 g/mol. The van der Waals surface area contributed by atoms with Crippen LogP contribution in [0.5, 0.6) is 0 Å². The predicted molar refractivity (Wildman–Crippen MR) is 80.7 cm³/mol. The van der Waals surface area contributed by atoms with Gasteiger partial charge in [0, 0.05) is 28.2 Å². The van der Waals surface area contributed by atoms with Gasteiger partial charge in [-0.15, -0.1) is 0 Å². The molecule has 0 N–H and O–H groups in total. The summed E-state index contributed by atoms with van der Waals surface area (Å²) in [6.45, 7) is 18.1. The molecule has 0 unspecified atom stereocenters. The maximum Gasteiger partial charge on any atom is 0.0279 e. The van der Waals surface area contributed by atoms with Crippen LogP contribution >= 0.6 is 0 Å². The number of rotatable bonds is 1. The molecule has 1 aromatic carbocycles. The Bertz CT molecular complexity index is 576. The van der Waals surface area contributed by atoms with Gasteiger partial charge >= 0.3 is 0 Å². The summed E-state index contributed by atoms with van der Waals surface area (Å²) in [6, 6.07) is 0.525. The zero-order valence-corrected chi connectivity index (χ0v) is 13.0. The van der Waals surface area contributed by atoms with Crippen molar-refractivity contribution in [3.63, 3.8) is 0 Å². The van der Waals surface area contributed by atoms with E-state index in [0.717, 1.165) is 0 Å². The molecule has 0 aliphatic carbocycles. The van der Waals surface area contributed by atoms with Crippen LogP contribution in [0.25, 0.3) is 10.8 Å². The third-order valence-corrected chi connectivity index (χ3v) is 4.65. The van der Waals surface area contributed by atoms with E-state index in [1.165, 1.54) is 44.4 Å². The van der Waals surface area contributed by atoms with Crippen LogP contribution in [0.3, 0.4) is 0 Å². The van der Waals surface area contributed by atoms with Gasteiger partial charge in [-0.1, -0.05) is 0 Å². The number of aromatic nitrogens is 1. The Labute approximate surface area is 111 Å². The number of benzene rings is 1. The molecule has 0 fully saturated rings. The second-order valence-electron chi connectivity index (χ2n) is 5.88. The van der Waals surface area contributed by atoms with Crippen LogP contribution in [-0.2, 0) is 0 Å². The minimum Gasteiger partial charge on any atom is -0.345 e. The molecule has 0 amide bonds. The summed E-state index contributed by atoms with van der Waals surface area (Å²) >= 11 is 0. The van der Waals surface area contributed by atoms with Crippen LogP contribution in [0, 0.1) is 41.5 Å². The van der Waals surface area contributed by atoms with Gasteiger partial charge in [0.15, 0.2) is 0 Å². The molecule has 0 spiro atoms. The van der Waals surface area contributed by atoms with Gasteiger partial charge in [-0.05, 0) is 77.6 Å². The van der Waals surface area contributed by atoms with Crippen molar-refractivity contribution >= 4 is 10.8 Å². The molecule has 0 bridgehead atoms. The smallest absolute Gasteiger partial charge is 0.0279 e. The molecule has 2 aromatic rings. The van der Waals surface area contributed by atoms with Gasteiger partial charge in [0.25, 0.3) is 0 Å². The summed E-state index contributed by atoms with van der Waals surface area (Å²) in [4.78, 5) is 0. The molecule has 0 aliphatic rings. The second kappa shape index (κ2) is 4.15. The van der Waals surface area contributed by atoms with Gasteiger partial charge < -0.3 is 4.57 Å². The van der Waals surface area contributed by atoms with Crippen LogP contribution < -0.4 is 0 Å². The van der Waals surface area contributed by atoms with Crippen molar-refractivity contribution in [1.82, 2.24) is 4.57 Å². The lowest BCUT2D eigenvalue weighted by Crippen LogP contribution is -2.04. The van der Waals surface area contributed by atoms with E-state index >= 15 is 0 Å². The highest BCUT2D eigenvalue weighted by molar-refractivity contribution is 5.95. The molecule has 1 heterocycles. The van der Waals surface area contributed by atoms with E-state index < -0.39 is 0 Å². The molecule has 0 aliphatic heterocycles. The molecule has 98 valence electrons. The van der Waals surface area contributed by atoms with Crippen LogP contribution in [-0.4, -0.2) is 4.57 Å². The van der Waals surface area contributed by atoms with E-state index in [0.29, 0.717) is 6.04 Å². The largest absolute Gasteiger partial charge is 0.345 e. The quantitative estimate of drug-likeness (QED) is 0.658. The van der Waals surface area contributed by atoms with Crippen molar-refractivity contribution < 1.29 is 0 Å². The maximum absolute atomic E-state index is 2.48. The van der Waals surface area contributed by atoms with Crippen molar-refractivity contribution in [3.8, 4) is 0 Å². The van der Waals surface area contributed by atoms with Gasteiger partial charge in [0.05, 0.1) is 0 Å². The van der Waals surface area contributed by atoms with E-state index in [4.69, 9.17) is 0 Å². The van der Waals surface area contributed by atoms with Gasteiger partial charge in [0.1, 0.15) is 0 Å². The monoisotopic (exact) mass is 243 g/mol. The lowest BCUT2D eigenvalue weighted by molar-refractivity contribution is 0.577. The van der Waals surface area contributed by atoms with Crippen molar-refractivity contribution in [2.24, 2.45) is 0 Å². The van der Waals surface area contributed by atoms with Gasteiger partial charge in [0.2, 0.25) is 0 Å². The van der Waals surface area contributed by atoms with Crippen LogP contribution in [0.1, 0.15) is 53.5 Å². The number of fused-ring (bicyclic) bond motifs is 1. The summed E-state index contributed by atoms with van der Waals surface area (Å²) in [5.74, 6) is 0. The molecule has 0 saturated carbocycles. The Balaban J connectivity index is 3.08. The first-order valence-electron chi connectivity index (χ1n) is 6.86. The summed E-state index contributed by atoms with van der Waals surface area (Å²) in [7, 11) is 0. The molecule has 0 atom stereocenters. The minimum absolute atomic E-state index is 0.525. The highest BCUT2D eigenvalue weighted by Gasteiger charge is 2.19. The fourth-order valence-corrected chi connectivity index (χ4v) is 3.48. The Morgan fingerprint density at radius 2 is 0.944 bits per heavy atom. The molecule has 1 aromatic heterocycles. The Kier molecular flexibility index (Phi) is 3.04. The second-order valence-corrected chi connectivity index (χ2v) is 5.88. The average Bonchev–Trinajstić information content (AvgIpc) is 2.55. The van der Waals surface area contributed by atoms with Crippen molar-refractivity contribution in [2.45, 2.75) is 61.4 Å². The first kappa shape index (κ1) is 13.2. The molecule has 1 nitrogen and oxygen atoms in total. The minimum atomic E-state index is 0.525. The summed E-state index contributed by atoms with van der Waals surface area (Å²) in [5, 5.41) is 2.95. The number of nitrogens with zero attached hydrogens (tertiary/aromatic N) is 1. The van der Waals surface area contributed by atoms with Crippen LogP contribution in [0.2, 0.25) is 0 Å². The highest BCUT2D eigenvalue weighted by Crippen LogP contribution is 2.36. The first-order chi connectivity index (χ1) is 8.29. The molecule has 2 rings (SSSR count). The van der Waals surface area contributed by atoms with Gasteiger partial charge in [-0.25, -0.2) is 0 Å². The lowest BCUT2D eigenvalue weighted by atomic mass is 9.92. The predicted octanol–water partition coefficient (Wildman–Crippen LogP) is 5.07. The fraction of sp³-hybridized carbons (Fsp3) is 0.529. The molecule has 0 saturated heterocycles. The summed E-state index contributed by atoms with van der Waals surface area (Å²) in [6.07, 6.45) is 0. The van der Waals surface area contributed by atoms with E-state index in [2.05, 4.69) is 60.0 Å². The molecule has 18 heavy (non-hydrogen) atoms. The normalized spacial score (nSPS) is 11.8. The fourth-order valence-electron chi connectivity index (χ4n) is 3.48. The third-order valence-electron chi connectivity index (χ3n) is 4.65. The summed E-state index contributed by atoms with van der Waals surface area (Å²) < 4.78 is 2.48. The average molecular weight is 243 g/mol. The number of hydrogen-bond acceptors (Lipinski definition) is 0. The topological polar surface area (TPSA) is 4.93 Å². The van der Waals surface area contributed by atoms with E-state index in [1.54, 1.807) is 0 Å². The van der Waals surface area contributed by atoms with Crippen LogP contribution in [0.15, 0.2) is 0 Å². The third kappa shape index (κ3) is 1.53. The lowest BCUT2D eigenvalue weighted by Gasteiger charge is -2.13. The standard InChI is InChI=1S/C17H25N/c1-9(2)18-14(7)16-12(5)10(3)11(4)13(6)17(16)15(18)8/h9H,1-8H3. The van der Waals surface area contributed by atoms with Crippen molar-refractivity contribution in [3.05, 3.63) is 33.6 Å². The van der Waals surface area contributed by atoms with E-state index in [-0.39, 0.29) is 0 Å². The SMILES string of the molecule is Cc1c(C)c(C)c2c(C)n(C(C)C)c(C)c2c1C. The Morgan fingerprint density at radius 1 is 0.611 bits per heavy atom. The van der Waals surface area contributed by atoms with Crippen LogP contribution in [0.4, 0.5) is 0 Å². The maximum atomic E-state index is 2.48. The number of aryl methyl sites for hydroxylation is 4. The zero-order valence-electron chi connectivity index (χ0n) is 13.0. The van der Waals surface area contributed by atoms with Crippen molar-refractivity contribution in [1.29, 1.82) is 0 Å². The Morgan fingerprint density at radius 3 is 1.22 bits per heavy atom.